The molecule has 2 fully saturated rings. The Kier molecular flexibility index (Phi) is 5.33. The Hall–Kier alpha value is -2.78. The van der Waals surface area contributed by atoms with Crippen LogP contribution < -0.4 is 10.2 Å². The first-order chi connectivity index (χ1) is 13.9. The third-order valence-corrected chi connectivity index (χ3v) is 6.89. The standard InChI is InChI=1S/C20H22N4O4S/c25-19(22-15-4-1-5-17(12-15)23-11-3-7-20(23)26)14-24(16-8-9-16)29(27,28)18-6-2-10-21-13-18/h1-2,4-6,10,12-13,16H,3,7-9,11,14H2,(H,22,25). The van der Waals surface area contributed by atoms with Crippen LogP contribution in [0.15, 0.2) is 53.7 Å². The van der Waals surface area contributed by atoms with E-state index >= 15 is 0 Å². The summed E-state index contributed by atoms with van der Waals surface area (Å²) in [4.78, 5) is 30.2. The van der Waals surface area contributed by atoms with E-state index < -0.39 is 15.9 Å². The maximum atomic E-state index is 12.9. The van der Waals surface area contributed by atoms with E-state index in [0.717, 1.165) is 24.9 Å². The van der Waals surface area contributed by atoms with Crippen LogP contribution in [0.3, 0.4) is 0 Å². The van der Waals surface area contributed by atoms with Gasteiger partial charge in [-0.2, -0.15) is 4.31 Å². The van der Waals surface area contributed by atoms with Gasteiger partial charge in [0.05, 0.1) is 6.54 Å². The lowest BCUT2D eigenvalue weighted by atomic mass is 10.2. The van der Waals surface area contributed by atoms with E-state index in [1.54, 1.807) is 29.2 Å². The topological polar surface area (TPSA) is 99.7 Å². The molecule has 2 amide bonds. The van der Waals surface area contributed by atoms with Crippen LogP contribution in [0.4, 0.5) is 11.4 Å². The number of pyridine rings is 1. The molecule has 29 heavy (non-hydrogen) atoms. The maximum absolute atomic E-state index is 12.9. The molecule has 1 saturated heterocycles. The van der Waals surface area contributed by atoms with Gasteiger partial charge in [0.2, 0.25) is 21.8 Å². The summed E-state index contributed by atoms with van der Waals surface area (Å²) in [7, 11) is -3.80. The molecular weight excluding hydrogens is 392 g/mol. The van der Waals surface area contributed by atoms with Crippen molar-refractivity contribution in [2.75, 3.05) is 23.3 Å². The minimum Gasteiger partial charge on any atom is -0.325 e. The van der Waals surface area contributed by atoms with Gasteiger partial charge in [0.15, 0.2) is 0 Å². The maximum Gasteiger partial charge on any atom is 0.245 e. The monoisotopic (exact) mass is 414 g/mol. The largest absolute Gasteiger partial charge is 0.325 e. The number of sulfonamides is 1. The van der Waals surface area contributed by atoms with E-state index in [-0.39, 0.29) is 23.4 Å². The molecule has 1 aliphatic heterocycles. The zero-order chi connectivity index (χ0) is 20.4. The Morgan fingerprint density at radius 3 is 2.72 bits per heavy atom. The van der Waals surface area contributed by atoms with Gasteiger partial charge >= 0.3 is 0 Å². The average molecular weight is 414 g/mol. The quantitative estimate of drug-likeness (QED) is 0.747. The van der Waals surface area contributed by atoms with Crippen molar-refractivity contribution >= 4 is 33.2 Å². The lowest BCUT2D eigenvalue weighted by Gasteiger charge is -2.21. The third kappa shape index (κ3) is 4.30. The fourth-order valence-electron chi connectivity index (χ4n) is 3.42. The normalized spacial score (nSPS) is 17.0. The highest BCUT2D eigenvalue weighted by Crippen LogP contribution is 2.32. The van der Waals surface area contributed by atoms with E-state index in [0.29, 0.717) is 18.7 Å². The molecule has 1 aromatic heterocycles. The highest BCUT2D eigenvalue weighted by atomic mass is 32.2. The van der Waals surface area contributed by atoms with Crippen molar-refractivity contribution in [1.82, 2.24) is 9.29 Å². The van der Waals surface area contributed by atoms with Crippen LogP contribution in [0.2, 0.25) is 0 Å². The van der Waals surface area contributed by atoms with E-state index in [4.69, 9.17) is 0 Å². The summed E-state index contributed by atoms with van der Waals surface area (Å²) in [5.41, 5.74) is 1.26. The molecule has 4 rings (SSSR count). The second-order valence-electron chi connectivity index (χ2n) is 7.22. The number of hydrogen-bond donors (Lipinski definition) is 1. The highest BCUT2D eigenvalue weighted by Gasteiger charge is 2.39. The molecule has 2 aromatic rings. The highest BCUT2D eigenvalue weighted by molar-refractivity contribution is 7.89. The number of amides is 2. The summed E-state index contributed by atoms with van der Waals surface area (Å²) in [6.07, 6.45) is 5.61. The zero-order valence-electron chi connectivity index (χ0n) is 15.8. The number of hydrogen-bond acceptors (Lipinski definition) is 5. The van der Waals surface area contributed by atoms with Crippen LogP contribution in [0.1, 0.15) is 25.7 Å². The number of benzene rings is 1. The van der Waals surface area contributed by atoms with E-state index in [1.807, 2.05) is 6.07 Å². The van der Waals surface area contributed by atoms with Crippen LogP contribution >= 0.6 is 0 Å². The van der Waals surface area contributed by atoms with Gasteiger partial charge in [0, 0.05) is 42.8 Å². The molecule has 8 nitrogen and oxygen atoms in total. The molecule has 2 heterocycles. The molecule has 1 saturated carbocycles. The summed E-state index contributed by atoms with van der Waals surface area (Å²) in [6.45, 7) is 0.393. The summed E-state index contributed by atoms with van der Waals surface area (Å²) >= 11 is 0. The minimum absolute atomic E-state index is 0.0657. The van der Waals surface area contributed by atoms with Crippen molar-refractivity contribution in [3.63, 3.8) is 0 Å². The molecule has 0 unspecified atom stereocenters. The lowest BCUT2D eigenvalue weighted by Crippen LogP contribution is -2.39. The van der Waals surface area contributed by atoms with Crippen LogP contribution in [-0.2, 0) is 19.6 Å². The van der Waals surface area contributed by atoms with Crippen LogP contribution in [0.5, 0.6) is 0 Å². The lowest BCUT2D eigenvalue weighted by molar-refractivity contribution is -0.117. The van der Waals surface area contributed by atoms with Crippen molar-refractivity contribution in [2.45, 2.75) is 36.6 Å². The van der Waals surface area contributed by atoms with Gasteiger partial charge < -0.3 is 10.2 Å². The number of carbonyl (C=O) groups is 2. The Balaban J connectivity index is 1.48. The Labute approximate surface area is 169 Å². The number of anilines is 2. The second kappa shape index (κ2) is 7.92. The smallest absolute Gasteiger partial charge is 0.245 e. The molecule has 1 aliphatic carbocycles. The number of carbonyl (C=O) groups excluding carboxylic acids is 2. The third-order valence-electron chi connectivity index (χ3n) is 5.01. The summed E-state index contributed by atoms with van der Waals surface area (Å²) in [5, 5.41) is 2.76. The number of nitrogens with zero attached hydrogens (tertiary/aromatic N) is 3. The predicted molar refractivity (Wildman–Crippen MR) is 108 cm³/mol. The number of aromatic nitrogens is 1. The minimum atomic E-state index is -3.80. The van der Waals surface area contributed by atoms with Gasteiger partial charge in [0.1, 0.15) is 4.90 Å². The molecule has 0 atom stereocenters. The van der Waals surface area contributed by atoms with Gasteiger partial charge in [-0.05, 0) is 49.6 Å². The predicted octanol–water partition coefficient (Wildman–Crippen LogP) is 2.00. The first kappa shape index (κ1) is 19.5. The van der Waals surface area contributed by atoms with Gasteiger partial charge in [-0.15, -0.1) is 0 Å². The number of nitrogens with one attached hydrogen (secondary N) is 1. The Bertz CT molecular complexity index is 1020. The molecule has 0 bridgehead atoms. The molecule has 1 N–H and O–H groups in total. The SMILES string of the molecule is O=C(CN(C1CC1)S(=O)(=O)c1cccnc1)Nc1cccc(N2CCCC2=O)c1. The summed E-state index contributed by atoms with van der Waals surface area (Å²) in [6, 6.07) is 9.91. The van der Waals surface area contributed by atoms with Crippen molar-refractivity contribution < 1.29 is 18.0 Å². The fourth-order valence-corrected chi connectivity index (χ4v) is 5.03. The van der Waals surface area contributed by atoms with Gasteiger partial charge in [-0.3, -0.25) is 14.6 Å². The van der Waals surface area contributed by atoms with E-state index in [2.05, 4.69) is 10.3 Å². The Morgan fingerprint density at radius 1 is 1.24 bits per heavy atom. The first-order valence-corrected chi connectivity index (χ1v) is 11.0. The van der Waals surface area contributed by atoms with Gasteiger partial charge in [-0.1, -0.05) is 6.07 Å². The van der Waals surface area contributed by atoms with Gasteiger partial charge in [0.25, 0.3) is 0 Å². The summed E-state index contributed by atoms with van der Waals surface area (Å²) < 4.78 is 27.1. The van der Waals surface area contributed by atoms with Crippen LogP contribution in [0, 0.1) is 0 Å². The molecule has 0 radical (unpaired) electrons. The van der Waals surface area contributed by atoms with Crippen molar-refractivity contribution in [3.05, 3.63) is 48.8 Å². The molecular formula is C20H22N4O4S. The van der Waals surface area contributed by atoms with Crippen LogP contribution in [-0.4, -0.2) is 48.7 Å². The van der Waals surface area contributed by atoms with Crippen molar-refractivity contribution in [1.29, 1.82) is 0 Å². The molecule has 9 heteroatoms. The summed E-state index contributed by atoms with van der Waals surface area (Å²) in [5.74, 6) is -0.356. The Morgan fingerprint density at radius 2 is 2.07 bits per heavy atom. The molecule has 152 valence electrons. The van der Waals surface area contributed by atoms with Crippen LogP contribution in [0.25, 0.3) is 0 Å². The fraction of sp³-hybridized carbons (Fsp3) is 0.350. The number of rotatable bonds is 7. The average Bonchev–Trinajstić information content (AvgIpc) is 3.46. The van der Waals surface area contributed by atoms with Crippen molar-refractivity contribution in [2.24, 2.45) is 0 Å². The second-order valence-corrected chi connectivity index (χ2v) is 9.11. The molecule has 0 spiro atoms. The van der Waals surface area contributed by atoms with E-state index in [1.165, 1.54) is 22.8 Å². The zero-order valence-corrected chi connectivity index (χ0v) is 16.6. The van der Waals surface area contributed by atoms with Crippen molar-refractivity contribution in [3.8, 4) is 0 Å². The van der Waals surface area contributed by atoms with Gasteiger partial charge in [-0.25, -0.2) is 8.42 Å². The molecule has 1 aromatic carbocycles. The molecule has 2 aliphatic rings. The first-order valence-electron chi connectivity index (χ1n) is 9.57. The van der Waals surface area contributed by atoms with E-state index in [9.17, 15) is 18.0 Å².